The average Bonchev–Trinajstić information content (AvgIpc) is 3.30. The van der Waals surface area contributed by atoms with Gasteiger partial charge < -0.3 is 4.90 Å². The monoisotopic (exact) mass is 386 g/mol. The molecule has 1 aliphatic heterocycles. The number of rotatable bonds is 5. The Morgan fingerprint density at radius 2 is 2.15 bits per heavy atom. The molecule has 138 valence electrons. The lowest BCUT2D eigenvalue weighted by molar-refractivity contribution is 0.0746. The van der Waals surface area contributed by atoms with E-state index in [2.05, 4.69) is 20.5 Å². The van der Waals surface area contributed by atoms with E-state index in [0.29, 0.717) is 23.6 Å². The average molecular weight is 387 g/mol. The van der Waals surface area contributed by atoms with E-state index in [1.165, 1.54) is 6.08 Å². The fraction of sp³-hybridized carbons (Fsp3) is 0.222. The van der Waals surface area contributed by atoms with Crippen LogP contribution in [0.4, 0.5) is 4.39 Å². The summed E-state index contributed by atoms with van der Waals surface area (Å²) in [6, 6.07) is 7.33. The van der Waals surface area contributed by atoms with E-state index in [-0.39, 0.29) is 17.6 Å². The van der Waals surface area contributed by atoms with Gasteiger partial charge in [-0.3, -0.25) is 9.48 Å². The summed E-state index contributed by atoms with van der Waals surface area (Å²) in [6.07, 6.45) is 5.33. The molecule has 3 aromatic rings. The van der Waals surface area contributed by atoms with Crippen molar-refractivity contribution in [1.82, 2.24) is 30.1 Å². The molecule has 0 aliphatic carbocycles. The Morgan fingerprint density at radius 3 is 2.85 bits per heavy atom. The quantitative estimate of drug-likeness (QED) is 0.731. The molecule has 1 amide bonds. The summed E-state index contributed by atoms with van der Waals surface area (Å²) in [5.74, 6) is -0.750. The number of benzene rings is 1. The van der Waals surface area contributed by atoms with Gasteiger partial charge in [0.25, 0.3) is 11.9 Å². The van der Waals surface area contributed by atoms with Crippen LogP contribution >= 0.6 is 11.6 Å². The Morgan fingerprint density at radius 1 is 1.33 bits per heavy atom. The van der Waals surface area contributed by atoms with E-state index in [1.807, 2.05) is 31.3 Å². The number of aromatic nitrogens is 5. The molecule has 0 saturated heterocycles. The van der Waals surface area contributed by atoms with Gasteiger partial charge in [-0.1, -0.05) is 35.9 Å². The molecule has 1 N–H and O–H groups in total. The van der Waals surface area contributed by atoms with Crippen molar-refractivity contribution in [3.05, 3.63) is 70.0 Å². The SMILES string of the molecule is Cn1ncc(Cl)c1C[C@@H]1c2ccccc2C(=O)N1C/C=C/c1n[nH]nc1F. The second-order valence-corrected chi connectivity index (χ2v) is 6.64. The van der Waals surface area contributed by atoms with E-state index in [9.17, 15) is 9.18 Å². The maximum Gasteiger partial charge on any atom is 0.259 e. The molecule has 2 aromatic heterocycles. The first-order valence-corrected chi connectivity index (χ1v) is 8.73. The van der Waals surface area contributed by atoms with Gasteiger partial charge in [-0.2, -0.15) is 19.8 Å². The van der Waals surface area contributed by atoms with Gasteiger partial charge in [0.1, 0.15) is 5.69 Å². The number of fused-ring (bicyclic) bond motifs is 1. The van der Waals surface area contributed by atoms with Crippen LogP contribution in [0.3, 0.4) is 0 Å². The second-order valence-electron chi connectivity index (χ2n) is 6.23. The summed E-state index contributed by atoms with van der Waals surface area (Å²) in [6.45, 7) is 0.306. The van der Waals surface area contributed by atoms with E-state index in [1.54, 1.807) is 21.9 Å². The number of H-pyrrole nitrogens is 1. The van der Waals surface area contributed by atoms with E-state index in [0.717, 1.165) is 11.3 Å². The van der Waals surface area contributed by atoms with Crippen molar-refractivity contribution in [2.45, 2.75) is 12.5 Å². The van der Waals surface area contributed by atoms with Crippen LogP contribution in [0.5, 0.6) is 0 Å². The summed E-state index contributed by atoms with van der Waals surface area (Å²) in [5.41, 5.74) is 2.57. The maximum absolute atomic E-state index is 13.4. The van der Waals surface area contributed by atoms with Gasteiger partial charge in [-0.05, 0) is 17.7 Å². The minimum absolute atomic E-state index is 0.0702. The van der Waals surface area contributed by atoms with E-state index in [4.69, 9.17) is 11.6 Å². The second kappa shape index (κ2) is 6.96. The van der Waals surface area contributed by atoms with Gasteiger partial charge in [0.05, 0.1) is 23.0 Å². The Kier molecular flexibility index (Phi) is 4.49. The molecule has 7 nitrogen and oxygen atoms in total. The van der Waals surface area contributed by atoms with Crippen molar-refractivity contribution in [1.29, 1.82) is 0 Å². The van der Waals surface area contributed by atoms with Crippen LogP contribution < -0.4 is 0 Å². The van der Waals surface area contributed by atoms with Gasteiger partial charge in [0.2, 0.25) is 0 Å². The van der Waals surface area contributed by atoms with Gasteiger partial charge >= 0.3 is 0 Å². The molecule has 0 saturated carbocycles. The zero-order chi connectivity index (χ0) is 19.0. The molecule has 3 heterocycles. The molecule has 1 atom stereocenters. The normalized spacial score (nSPS) is 16.5. The van der Waals surface area contributed by atoms with Crippen molar-refractivity contribution < 1.29 is 9.18 Å². The first-order valence-electron chi connectivity index (χ1n) is 8.35. The summed E-state index contributed by atoms with van der Waals surface area (Å²) in [4.78, 5) is 14.6. The van der Waals surface area contributed by atoms with Crippen LogP contribution in [-0.2, 0) is 13.5 Å². The third kappa shape index (κ3) is 3.12. The first kappa shape index (κ1) is 17.4. The van der Waals surface area contributed by atoms with Gasteiger partial charge in [0.15, 0.2) is 0 Å². The van der Waals surface area contributed by atoms with Crippen molar-refractivity contribution >= 4 is 23.6 Å². The fourth-order valence-corrected chi connectivity index (χ4v) is 3.58. The number of carbonyl (C=O) groups excluding carboxylic acids is 1. The molecule has 1 aromatic carbocycles. The minimum Gasteiger partial charge on any atom is -0.327 e. The van der Waals surface area contributed by atoms with Crippen molar-refractivity contribution in [3.8, 4) is 0 Å². The molecule has 0 unspecified atom stereocenters. The molecule has 4 rings (SSSR count). The lowest BCUT2D eigenvalue weighted by Gasteiger charge is -2.24. The lowest BCUT2D eigenvalue weighted by Crippen LogP contribution is -2.30. The zero-order valence-corrected chi connectivity index (χ0v) is 15.2. The zero-order valence-electron chi connectivity index (χ0n) is 14.4. The Hall–Kier alpha value is -3.00. The van der Waals surface area contributed by atoms with Crippen LogP contribution in [0.2, 0.25) is 5.02 Å². The summed E-state index contributed by atoms with van der Waals surface area (Å²) in [7, 11) is 1.82. The van der Waals surface area contributed by atoms with Crippen LogP contribution in [-0.4, -0.2) is 42.5 Å². The Bertz CT molecular complexity index is 1010. The third-order valence-corrected chi connectivity index (χ3v) is 5.01. The van der Waals surface area contributed by atoms with E-state index < -0.39 is 5.95 Å². The third-order valence-electron chi connectivity index (χ3n) is 4.69. The van der Waals surface area contributed by atoms with Crippen LogP contribution in [0, 0.1) is 5.95 Å². The van der Waals surface area contributed by atoms with Crippen molar-refractivity contribution in [2.75, 3.05) is 6.54 Å². The smallest absolute Gasteiger partial charge is 0.259 e. The molecule has 0 fully saturated rings. The van der Waals surface area contributed by atoms with Gasteiger partial charge in [-0.25, -0.2) is 0 Å². The standard InChI is InChI=1S/C18H16ClFN6O/c1-25-16(13(19)10-21-25)9-15-11-5-2-3-6-12(11)18(27)26(15)8-4-7-14-17(20)23-24-22-14/h2-7,10,15H,8-9H2,1H3,(H,22,23,24)/b7-4+/t15-/m1/s1. The minimum atomic E-state index is -0.680. The molecular weight excluding hydrogens is 371 g/mol. The van der Waals surface area contributed by atoms with Crippen molar-refractivity contribution in [3.63, 3.8) is 0 Å². The largest absolute Gasteiger partial charge is 0.327 e. The lowest BCUT2D eigenvalue weighted by atomic mass is 10.0. The summed E-state index contributed by atoms with van der Waals surface area (Å²) >= 11 is 6.26. The Balaban J connectivity index is 1.63. The number of aromatic amines is 1. The molecule has 0 bridgehead atoms. The molecule has 0 spiro atoms. The van der Waals surface area contributed by atoms with Crippen LogP contribution in [0.1, 0.15) is 33.4 Å². The van der Waals surface area contributed by atoms with Crippen LogP contribution in [0.15, 0.2) is 36.5 Å². The highest BCUT2D eigenvalue weighted by Crippen LogP contribution is 2.36. The number of nitrogens with zero attached hydrogens (tertiary/aromatic N) is 5. The number of amides is 1. The van der Waals surface area contributed by atoms with Crippen LogP contribution in [0.25, 0.3) is 6.08 Å². The van der Waals surface area contributed by atoms with Gasteiger partial charge in [0, 0.05) is 25.6 Å². The Labute approximate surface area is 159 Å². The van der Waals surface area contributed by atoms with Gasteiger partial charge in [-0.15, -0.1) is 5.10 Å². The number of hydrogen-bond acceptors (Lipinski definition) is 4. The molecule has 0 radical (unpaired) electrons. The topological polar surface area (TPSA) is 79.7 Å². The first-order chi connectivity index (χ1) is 13.1. The van der Waals surface area contributed by atoms with E-state index >= 15 is 0 Å². The summed E-state index contributed by atoms with van der Waals surface area (Å²) in [5, 5.41) is 14.0. The number of carbonyl (C=O) groups is 1. The molecule has 27 heavy (non-hydrogen) atoms. The molecule has 9 heteroatoms. The summed E-state index contributed by atoms with van der Waals surface area (Å²) < 4.78 is 15.1. The number of halogens is 2. The fourth-order valence-electron chi connectivity index (χ4n) is 3.34. The molecule has 1 aliphatic rings. The number of aryl methyl sites for hydroxylation is 1. The predicted molar refractivity (Wildman–Crippen MR) is 97.5 cm³/mol. The highest BCUT2D eigenvalue weighted by atomic mass is 35.5. The van der Waals surface area contributed by atoms with Crippen molar-refractivity contribution in [2.24, 2.45) is 7.05 Å². The highest BCUT2D eigenvalue weighted by Gasteiger charge is 2.36. The maximum atomic E-state index is 13.4. The number of hydrogen-bond donors (Lipinski definition) is 1. The molecular formula is C18H16ClFN6O. The highest BCUT2D eigenvalue weighted by molar-refractivity contribution is 6.31. The number of nitrogens with one attached hydrogen (secondary N) is 1. The predicted octanol–water partition coefficient (Wildman–Crippen LogP) is 2.78.